The second kappa shape index (κ2) is 9.98. The molecule has 0 bridgehead atoms. The lowest BCUT2D eigenvalue weighted by atomic mass is 9.81. The summed E-state index contributed by atoms with van der Waals surface area (Å²) in [6, 6.07) is 0. The normalized spacial score (nSPS) is 26.2. The highest BCUT2D eigenvalue weighted by Gasteiger charge is 2.48. The molecular formula is C24H24O10. The number of unbranched alkanes of at least 4 members (excludes halogenated alkanes) is 3. The monoisotopic (exact) mass is 472 g/mol. The van der Waals surface area contributed by atoms with Crippen molar-refractivity contribution in [1.82, 2.24) is 0 Å². The quantitative estimate of drug-likeness (QED) is 0.290. The van der Waals surface area contributed by atoms with Gasteiger partial charge in [-0.3, -0.25) is 4.79 Å². The van der Waals surface area contributed by atoms with Gasteiger partial charge in [0.05, 0.1) is 27.9 Å². The summed E-state index contributed by atoms with van der Waals surface area (Å²) < 4.78 is 9.43. The van der Waals surface area contributed by atoms with E-state index in [2.05, 4.69) is 0 Å². The molecule has 0 amide bonds. The van der Waals surface area contributed by atoms with Crippen LogP contribution in [-0.2, 0) is 38.2 Å². The summed E-state index contributed by atoms with van der Waals surface area (Å²) in [4.78, 5) is 75.5. The number of rotatable bonds is 9. The number of fused-ring (bicyclic) bond motifs is 1. The molecule has 1 fully saturated rings. The Labute approximate surface area is 194 Å². The summed E-state index contributed by atoms with van der Waals surface area (Å²) in [6.07, 6.45) is 3.97. The van der Waals surface area contributed by atoms with Crippen LogP contribution in [0.3, 0.4) is 0 Å². The molecule has 0 aromatic rings. The van der Waals surface area contributed by atoms with Gasteiger partial charge in [-0.1, -0.05) is 33.1 Å². The van der Waals surface area contributed by atoms with Gasteiger partial charge in [-0.05, 0) is 42.9 Å². The highest BCUT2D eigenvalue weighted by atomic mass is 16.6. The molecule has 1 atom stereocenters. The molecule has 2 N–H and O–H groups in total. The highest BCUT2D eigenvalue weighted by Crippen LogP contribution is 2.43. The predicted molar refractivity (Wildman–Crippen MR) is 114 cm³/mol. The van der Waals surface area contributed by atoms with Crippen molar-refractivity contribution in [2.24, 2.45) is 5.92 Å². The SMILES string of the molecule is CCCCC\C1=C2/C(=O)OC(=O)/C2=C(C(=O)O)/C(CCCC)=C\C2=C(C(=O)OC2=O)[C@@H]1C(=O)O. The van der Waals surface area contributed by atoms with Gasteiger partial charge in [-0.2, -0.15) is 0 Å². The lowest BCUT2D eigenvalue weighted by molar-refractivity contribution is -0.153. The number of carbonyl (C=O) groups excluding carboxylic acids is 4. The lowest BCUT2D eigenvalue weighted by Gasteiger charge is -2.18. The van der Waals surface area contributed by atoms with E-state index in [1.54, 1.807) is 0 Å². The minimum absolute atomic E-state index is 0.00778. The van der Waals surface area contributed by atoms with E-state index in [4.69, 9.17) is 9.47 Å². The van der Waals surface area contributed by atoms with Gasteiger partial charge in [0.25, 0.3) is 0 Å². The van der Waals surface area contributed by atoms with Crippen LogP contribution in [0.2, 0.25) is 0 Å². The van der Waals surface area contributed by atoms with Crippen LogP contribution in [0.15, 0.2) is 45.1 Å². The van der Waals surface area contributed by atoms with Crippen LogP contribution < -0.4 is 0 Å². The van der Waals surface area contributed by atoms with Crippen molar-refractivity contribution in [2.75, 3.05) is 0 Å². The van der Waals surface area contributed by atoms with Crippen molar-refractivity contribution in [3.05, 3.63) is 45.1 Å². The van der Waals surface area contributed by atoms with E-state index in [1.165, 1.54) is 0 Å². The third-order valence-electron chi connectivity index (χ3n) is 5.92. The van der Waals surface area contributed by atoms with Gasteiger partial charge in [0.1, 0.15) is 5.92 Å². The standard InChI is InChI=1S/C24H24O10/c1-3-5-7-9-12-15(20(27)28)17-13(21(29)33-23(17)31)10-11(8-6-4-2)14(19(25)26)18-16(12)22(30)34-24(18)32/h10,15H,3-9H2,1-2H3,(H,25,26)(H,27,28)/b11-10-,16-12+,18-14-/t15-/m1/s1. The molecule has 2 aliphatic heterocycles. The summed E-state index contributed by atoms with van der Waals surface area (Å²) in [5.41, 5.74) is -2.64. The Morgan fingerprint density at radius 2 is 1.44 bits per heavy atom. The molecule has 0 radical (unpaired) electrons. The number of esters is 4. The van der Waals surface area contributed by atoms with Crippen molar-refractivity contribution in [1.29, 1.82) is 0 Å². The van der Waals surface area contributed by atoms with Crippen molar-refractivity contribution >= 4 is 35.8 Å². The second-order valence-electron chi connectivity index (χ2n) is 8.14. The molecule has 0 unspecified atom stereocenters. The van der Waals surface area contributed by atoms with E-state index in [9.17, 15) is 39.0 Å². The Morgan fingerprint density at radius 1 is 0.824 bits per heavy atom. The molecule has 0 spiro atoms. The summed E-state index contributed by atoms with van der Waals surface area (Å²) >= 11 is 0. The maximum atomic E-state index is 12.8. The molecule has 0 aromatic heterocycles. The zero-order chi connectivity index (χ0) is 25.2. The zero-order valence-electron chi connectivity index (χ0n) is 18.8. The topological polar surface area (TPSA) is 161 Å². The van der Waals surface area contributed by atoms with Gasteiger partial charge in [-0.15, -0.1) is 0 Å². The Hall–Kier alpha value is -3.82. The number of carbonyl (C=O) groups is 6. The van der Waals surface area contributed by atoms with Crippen LogP contribution in [0, 0.1) is 5.92 Å². The van der Waals surface area contributed by atoms with E-state index in [0.717, 1.165) is 12.5 Å². The number of cyclic esters (lactones) is 4. The first-order chi connectivity index (χ1) is 16.1. The van der Waals surface area contributed by atoms with Crippen LogP contribution in [0.4, 0.5) is 0 Å². The average molecular weight is 472 g/mol. The largest absolute Gasteiger partial charge is 0.481 e. The molecule has 34 heavy (non-hydrogen) atoms. The Bertz CT molecular complexity index is 1130. The molecule has 3 rings (SSSR count). The number of carboxylic acid groups (broad SMARTS) is 2. The van der Waals surface area contributed by atoms with Crippen LogP contribution in [0.1, 0.15) is 58.8 Å². The van der Waals surface area contributed by atoms with Crippen molar-refractivity contribution < 1.29 is 48.5 Å². The van der Waals surface area contributed by atoms with Gasteiger partial charge >= 0.3 is 35.8 Å². The van der Waals surface area contributed by atoms with Crippen LogP contribution >= 0.6 is 0 Å². The summed E-state index contributed by atoms with van der Waals surface area (Å²) in [7, 11) is 0. The van der Waals surface area contributed by atoms with Gasteiger partial charge in [0, 0.05) is 0 Å². The Balaban J connectivity index is 2.50. The molecule has 10 nitrogen and oxygen atoms in total. The number of carboxylic acids is 2. The fourth-order valence-corrected chi connectivity index (χ4v) is 4.37. The van der Waals surface area contributed by atoms with E-state index in [1.807, 2.05) is 13.8 Å². The maximum absolute atomic E-state index is 12.8. The second-order valence-corrected chi connectivity index (χ2v) is 8.14. The molecule has 3 aliphatic rings. The van der Waals surface area contributed by atoms with Gasteiger partial charge in [-0.25, -0.2) is 24.0 Å². The minimum atomic E-state index is -1.80. The van der Waals surface area contributed by atoms with Crippen LogP contribution in [0.25, 0.3) is 0 Å². The Morgan fingerprint density at radius 3 is 2.03 bits per heavy atom. The first kappa shape index (κ1) is 24.8. The zero-order valence-corrected chi connectivity index (χ0v) is 18.8. The fraction of sp³-hybridized carbons (Fsp3) is 0.417. The molecule has 0 aromatic carbocycles. The lowest BCUT2D eigenvalue weighted by Crippen LogP contribution is -2.25. The predicted octanol–water partition coefficient (Wildman–Crippen LogP) is 2.54. The molecule has 180 valence electrons. The van der Waals surface area contributed by atoms with Crippen molar-refractivity contribution in [3.63, 3.8) is 0 Å². The van der Waals surface area contributed by atoms with Crippen molar-refractivity contribution in [2.45, 2.75) is 58.8 Å². The van der Waals surface area contributed by atoms with Crippen molar-refractivity contribution in [3.8, 4) is 0 Å². The third-order valence-corrected chi connectivity index (χ3v) is 5.92. The molecule has 0 saturated carbocycles. The van der Waals surface area contributed by atoms with Crippen LogP contribution in [-0.4, -0.2) is 46.0 Å². The summed E-state index contributed by atoms with van der Waals surface area (Å²) in [5.74, 6) is -9.61. The average Bonchev–Trinajstić information content (AvgIpc) is 3.20. The fourth-order valence-electron chi connectivity index (χ4n) is 4.37. The molecule has 10 heteroatoms. The third kappa shape index (κ3) is 4.35. The minimum Gasteiger partial charge on any atom is -0.481 e. The molecule has 2 heterocycles. The number of aliphatic carboxylic acids is 2. The van der Waals surface area contributed by atoms with E-state index >= 15 is 0 Å². The van der Waals surface area contributed by atoms with E-state index < -0.39 is 69.6 Å². The number of hydrogen-bond donors (Lipinski definition) is 2. The Kier molecular flexibility index (Phi) is 7.29. The first-order valence-corrected chi connectivity index (χ1v) is 11.1. The van der Waals surface area contributed by atoms with E-state index in [0.29, 0.717) is 25.7 Å². The van der Waals surface area contributed by atoms with Gasteiger partial charge < -0.3 is 19.7 Å². The summed E-state index contributed by atoms with van der Waals surface area (Å²) in [6.45, 7) is 3.74. The van der Waals surface area contributed by atoms with Gasteiger partial charge in [0.15, 0.2) is 0 Å². The summed E-state index contributed by atoms with van der Waals surface area (Å²) in [5, 5.41) is 20.1. The maximum Gasteiger partial charge on any atom is 0.347 e. The smallest absolute Gasteiger partial charge is 0.347 e. The highest BCUT2D eigenvalue weighted by molar-refractivity contribution is 6.24. The van der Waals surface area contributed by atoms with Gasteiger partial charge in [0.2, 0.25) is 0 Å². The molecule has 1 aliphatic carbocycles. The number of hydrogen-bond acceptors (Lipinski definition) is 8. The first-order valence-electron chi connectivity index (χ1n) is 11.1. The van der Waals surface area contributed by atoms with E-state index in [-0.39, 0.29) is 24.0 Å². The number of ether oxygens (including phenoxy) is 2. The molecular weight excluding hydrogens is 448 g/mol. The van der Waals surface area contributed by atoms with Crippen LogP contribution in [0.5, 0.6) is 0 Å². The molecule has 1 saturated heterocycles.